The van der Waals surface area contributed by atoms with Crippen molar-refractivity contribution in [3.8, 4) is 0 Å². The Labute approximate surface area is 597 Å². The predicted octanol–water partition coefficient (Wildman–Crippen LogP) is 20.4. The topological polar surface area (TPSA) is 145 Å². The number of piperazine rings is 1. The predicted molar refractivity (Wildman–Crippen MR) is 423 cm³/mol. The Kier molecular flexibility index (Phi) is 25.6. The molecule has 7 aliphatic heterocycles. The van der Waals surface area contributed by atoms with E-state index in [2.05, 4.69) is 254 Å². The summed E-state index contributed by atoms with van der Waals surface area (Å²) in [6.07, 6.45) is 9.50. The summed E-state index contributed by atoms with van der Waals surface area (Å²) in [6, 6.07) is 41.6. The van der Waals surface area contributed by atoms with Crippen molar-refractivity contribution in [2.75, 3.05) is 33.2 Å². The molecule has 1 saturated heterocycles. The van der Waals surface area contributed by atoms with E-state index in [4.69, 9.17) is 0 Å². The molecule has 3 aromatic heterocycles. The zero-order valence-corrected chi connectivity index (χ0v) is 63.6. The molecular weight excluding hydrogens is 1230 g/mol. The average Bonchev–Trinajstić information content (AvgIpc) is 1.64. The molecule has 13 nitrogen and oxygen atoms in total. The molecule has 0 atom stereocenters. The summed E-state index contributed by atoms with van der Waals surface area (Å²) in [6.45, 7) is 42.1. The number of hydrogen-bond acceptors (Lipinski definition) is 11. The second-order valence-corrected chi connectivity index (χ2v) is 30.0. The fourth-order valence-electron chi connectivity index (χ4n) is 12.8. The molecule has 1 amide bonds. The standard InChI is InChI=1S/C17H23N3O.C13H15NO.3C12H15N.C11H14N2.C10H12N2/c1-12(2)16-11-14-10-13(4-5-15(14)18-16)17(21)20-8-6-19(3)7-9-20;1-8(2)13-7-11-6-10(9(3)15)4-5-12(11)14-13;2*1-8(2)12-7-10-6-9(3)4-5-11(10)13-12;1-9(2)12-8-10-6-4-5-7-11(10)13(12)3;1-7(2)9-5-10-11(13-9)4-8(3)6-12-10;1-7(2)9-6-10-8(12-9)4-3-5-11-10/h4-5,10,12H,6-9,11H2,1-3H3;4-6,8H,7H2,1-3H3;2*4-6,8H,7H2,1-3H3;4-9H,1-3H3;4,6-7H,5H2,1-3H3;3-5,7H,6H2,1-2H3. The second kappa shape index (κ2) is 33.9. The number of nitrogens with zero attached hydrogens (tertiary/aromatic N) is 11. The quantitative estimate of drug-likeness (QED) is 0.132. The Balaban J connectivity index is 0.000000137. The van der Waals surface area contributed by atoms with Gasteiger partial charge in [0.2, 0.25) is 0 Å². The maximum Gasteiger partial charge on any atom is 0.253 e. The van der Waals surface area contributed by atoms with E-state index in [9.17, 15) is 9.59 Å². The molecule has 8 aromatic rings. The first-order valence-corrected chi connectivity index (χ1v) is 36.4. The van der Waals surface area contributed by atoms with Crippen molar-refractivity contribution in [3.05, 3.63) is 201 Å². The van der Waals surface area contributed by atoms with Crippen LogP contribution in [0.15, 0.2) is 164 Å². The van der Waals surface area contributed by atoms with Gasteiger partial charge in [-0.15, -0.1) is 0 Å². The van der Waals surface area contributed by atoms with Crippen LogP contribution in [0, 0.1) is 56.3 Å². The molecule has 0 radical (unpaired) electrons. The summed E-state index contributed by atoms with van der Waals surface area (Å²) in [5, 5.41) is 1.34. The number of fused-ring (bicyclic) bond motifs is 7. The van der Waals surface area contributed by atoms with Gasteiger partial charge in [0.1, 0.15) is 0 Å². The first-order valence-electron chi connectivity index (χ1n) is 36.4. The molecule has 15 rings (SSSR count). The molecule has 10 heterocycles. The third-order valence-corrected chi connectivity index (χ3v) is 19.4. The lowest BCUT2D eigenvalue weighted by Crippen LogP contribution is -2.47. The Morgan fingerprint density at radius 2 is 0.790 bits per heavy atom. The second-order valence-electron chi connectivity index (χ2n) is 30.0. The van der Waals surface area contributed by atoms with E-state index in [0.29, 0.717) is 41.4 Å². The normalized spacial score (nSPS) is 15.0. The molecule has 7 aliphatic rings. The first kappa shape index (κ1) is 75.3. The van der Waals surface area contributed by atoms with Gasteiger partial charge in [-0.2, -0.15) is 0 Å². The number of hydrogen-bond donors (Lipinski definition) is 0. The molecule has 1 fully saturated rings. The molecule has 524 valence electrons. The van der Waals surface area contributed by atoms with Gasteiger partial charge in [-0.3, -0.25) is 49.5 Å². The van der Waals surface area contributed by atoms with Gasteiger partial charge in [-0.1, -0.05) is 151 Å². The molecular formula is C87H109N11O2. The Bertz CT molecular complexity index is 4370. The summed E-state index contributed by atoms with van der Waals surface area (Å²) in [5.74, 6) is 4.05. The third kappa shape index (κ3) is 19.5. The minimum absolute atomic E-state index is 0.121. The Morgan fingerprint density at radius 3 is 1.24 bits per heavy atom. The van der Waals surface area contributed by atoms with E-state index in [1.807, 2.05) is 65.8 Å². The Morgan fingerprint density at radius 1 is 0.380 bits per heavy atom. The van der Waals surface area contributed by atoms with E-state index in [0.717, 1.165) is 110 Å². The van der Waals surface area contributed by atoms with Crippen molar-refractivity contribution in [1.29, 1.82) is 0 Å². The number of aliphatic imine (C=N–C) groups is 6. The van der Waals surface area contributed by atoms with Crippen LogP contribution in [0.1, 0.15) is 187 Å². The van der Waals surface area contributed by atoms with Crippen LogP contribution in [0.2, 0.25) is 0 Å². The van der Waals surface area contributed by atoms with Crippen molar-refractivity contribution in [3.63, 3.8) is 0 Å². The van der Waals surface area contributed by atoms with Crippen LogP contribution in [0.4, 0.5) is 34.1 Å². The lowest BCUT2D eigenvalue weighted by atomic mass is 10.0. The number of Topliss-reactive ketones (excluding diaryl/α,β-unsaturated/α-hetero) is 1. The molecule has 5 aromatic carbocycles. The van der Waals surface area contributed by atoms with Gasteiger partial charge in [0.05, 0.1) is 45.5 Å². The average molecular weight is 1340 g/mol. The van der Waals surface area contributed by atoms with Crippen molar-refractivity contribution in [1.82, 2.24) is 24.3 Å². The zero-order chi connectivity index (χ0) is 72.2. The van der Waals surface area contributed by atoms with Crippen LogP contribution in [0.25, 0.3) is 10.9 Å². The van der Waals surface area contributed by atoms with Gasteiger partial charge in [-0.25, -0.2) is 0 Å². The van der Waals surface area contributed by atoms with Crippen molar-refractivity contribution < 1.29 is 9.59 Å². The van der Waals surface area contributed by atoms with Gasteiger partial charge in [0, 0.05) is 141 Å². The number of likely N-dealkylation sites (N-methyl/N-ethyl adjacent to an activating group) is 1. The zero-order valence-electron chi connectivity index (χ0n) is 63.6. The van der Waals surface area contributed by atoms with E-state index in [1.54, 1.807) is 6.92 Å². The monoisotopic (exact) mass is 1340 g/mol. The highest BCUT2D eigenvalue weighted by molar-refractivity contribution is 6.01. The highest BCUT2D eigenvalue weighted by atomic mass is 16.2. The lowest BCUT2D eigenvalue weighted by Gasteiger charge is -2.32. The molecule has 0 saturated carbocycles. The number of benzene rings is 5. The van der Waals surface area contributed by atoms with Gasteiger partial charge >= 0.3 is 0 Å². The van der Waals surface area contributed by atoms with Crippen molar-refractivity contribution >= 4 is 91.0 Å². The Hall–Kier alpha value is -8.94. The number of carbonyl (C=O) groups is 2. The van der Waals surface area contributed by atoms with Crippen molar-refractivity contribution in [2.24, 2.45) is 72.5 Å². The highest BCUT2D eigenvalue weighted by Gasteiger charge is 2.25. The lowest BCUT2D eigenvalue weighted by molar-refractivity contribution is 0.0664. The van der Waals surface area contributed by atoms with Crippen LogP contribution in [-0.4, -0.2) is 104 Å². The van der Waals surface area contributed by atoms with Crippen LogP contribution < -0.4 is 0 Å². The number of carbonyl (C=O) groups excluding carboxylic acids is 2. The van der Waals surface area contributed by atoms with Gasteiger partial charge in [0.15, 0.2) is 5.78 Å². The van der Waals surface area contributed by atoms with E-state index < -0.39 is 0 Å². The van der Waals surface area contributed by atoms with Crippen LogP contribution in [-0.2, 0) is 45.6 Å². The molecule has 0 spiro atoms. The van der Waals surface area contributed by atoms with E-state index in [-0.39, 0.29) is 11.7 Å². The number of ketones is 1. The summed E-state index contributed by atoms with van der Waals surface area (Å²) in [5.41, 5.74) is 29.7. The number of pyridine rings is 2. The summed E-state index contributed by atoms with van der Waals surface area (Å²) < 4.78 is 2.28. The third-order valence-electron chi connectivity index (χ3n) is 19.4. The van der Waals surface area contributed by atoms with Crippen LogP contribution in [0.3, 0.4) is 0 Å². The number of aromatic nitrogens is 3. The van der Waals surface area contributed by atoms with Gasteiger partial charge < -0.3 is 14.4 Å². The van der Waals surface area contributed by atoms with E-state index >= 15 is 0 Å². The van der Waals surface area contributed by atoms with Gasteiger partial charge in [0.25, 0.3) is 5.91 Å². The smallest absolute Gasteiger partial charge is 0.253 e. The van der Waals surface area contributed by atoms with Crippen LogP contribution in [0.5, 0.6) is 0 Å². The molecule has 0 aliphatic carbocycles. The summed E-state index contributed by atoms with van der Waals surface area (Å²) in [4.78, 5) is 64.2. The molecule has 13 heteroatoms. The van der Waals surface area contributed by atoms with Crippen LogP contribution >= 0.6 is 0 Å². The molecule has 100 heavy (non-hydrogen) atoms. The summed E-state index contributed by atoms with van der Waals surface area (Å²) >= 11 is 0. The first-order chi connectivity index (χ1) is 47.6. The fraction of sp³-hybridized carbons (Fsp3) is 0.425. The minimum Gasteiger partial charge on any atom is -0.347 e. The minimum atomic E-state index is 0.121. The SMILES string of the molecule is CC(=O)c1ccc2c(c1)CC(C(C)C)=N2.CC(C)C1=Nc2ccc(C(=O)N3CCN(C)CC3)cc2C1.CC(C)C1=Nc2cccnc2C1.CC(C)c1cc2ccccc2n1C.Cc1ccc2c(c1)CC(C(C)C)=N2.Cc1ccc2c(c1)CC(C(C)C)=N2.Cc1cnc2c(c1)N=C(C(C)C)C2. The largest absolute Gasteiger partial charge is 0.347 e. The number of rotatable bonds is 9. The van der Waals surface area contributed by atoms with Gasteiger partial charge in [-0.05, 0) is 188 Å². The van der Waals surface area contributed by atoms with E-state index in [1.165, 1.54) is 101 Å². The number of aryl methyl sites for hydroxylation is 4. The maximum atomic E-state index is 12.6. The number of para-hydroxylation sites is 1. The molecule has 0 bridgehead atoms. The fourth-order valence-corrected chi connectivity index (χ4v) is 12.8. The number of amides is 1. The molecule has 0 unspecified atom stereocenters. The summed E-state index contributed by atoms with van der Waals surface area (Å²) in [7, 11) is 4.24. The highest BCUT2D eigenvalue weighted by Crippen LogP contribution is 2.35. The van der Waals surface area contributed by atoms with Crippen molar-refractivity contribution in [2.45, 2.75) is 169 Å². The maximum absolute atomic E-state index is 12.6. The molecule has 0 N–H and O–H groups in total.